The van der Waals surface area contributed by atoms with Gasteiger partial charge in [0.15, 0.2) is 0 Å². The summed E-state index contributed by atoms with van der Waals surface area (Å²) in [4.78, 5) is 13.3. The third kappa shape index (κ3) is 6.68. The van der Waals surface area contributed by atoms with Crippen molar-refractivity contribution >= 4 is 21.6 Å². The van der Waals surface area contributed by atoms with Gasteiger partial charge >= 0.3 is 0 Å². The Balaban J connectivity index is 1.55. The Hall–Kier alpha value is -3.94. The zero-order valence-electron chi connectivity index (χ0n) is 22.1. The zero-order valence-corrected chi connectivity index (χ0v) is 22.9. The van der Waals surface area contributed by atoms with Gasteiger partial charge in [0, 0.05) is 12.2 Å². The molecule has 0 spiro atoms. The van der Waals surface area contributed by atoms with E-state index in [0.717, 1.165) is 16.7 Å². The minimum absolute atomic E-state index is 0.0760. The lowest BCUT2D eigenvalue weighted by Gasteiger charge is -2.24. The maximum Gasteiger partial charge on any atom is 0.244 e. The van der Waals surface area contributed by atoms with Crippen LogP contribution in [0.4, 0.5) is 5.69 Å². The van der Waals surface area contributed by atoms with Gasteiger partial charge in [-0.15, -0.1) is 0 Å². The second kappa shape index (κ2) is 11.6. The number of hydrogen-bond acceptors (Lipinski definition) is 4. The molecule has 0 saturated carbocycles. The molecule has 0 aromatic heterocycles. The van der Waals surface area contributed by atoms with Crippen LogP contribution in [-0.2, 0) is 21.4 Å². The second-order valence-electron chi connectivity index (χ2n) is 9.47. The smallest absolute Gasteiger partial charge is 0.244 e. The fraction of sp³-hybridized carbons (Fsp3) is 0.194. The predicted molar refractivity (Wildman–Crippen MR) is 151 cm³/mol. The normalized spacial score (nSPS) is 11.4. The van der Waals surface area contributed by atoms with E-state index >= 15 is 0 Å². The van der Waals surface area contributed by atoms with Gasteiger partial charge < -0.3 is 10.1 Å². The van der Waals surface area contributed by atoms with Gasteiger partial charge in [0.25, 0.3) is 0 Å². The number of aryl methyl sites for hydroxylation is 4. The molecule has 0 heterocycles. The molecule has 0 atom stereocenters. The van der Waals surface area contributed by atoms with E-state index < -0.39 is 15.9 Å². The standard InChI is InChI=1S/C31H32N2O4S/c1-22-10-12-26(13-11-22)20-33(38(35,36)31-24(3)18-23(2)19-25(31)4)21-30(34)32-27-14-16-29(17-15-27)37-28-8-6-5-7-9-28/h5-19H,20-21H2,1-4H3,(H,32,34). The number of carbonyl (C=O) groups is 1. The van der Waals surface area contributed by atoms with Gasteiger partial charge in [0.1, 0.15) is 11.5 Å². The molecule has 0 aliphatic rings. The van der Waals surface area contributed by atoms with Crippen molar-refractivity contribution in [2.75, 3.05) is 11.9 Å². The van der Waals surface area contributed by atoms with Crippen LogP contribution in [0.1, 0.15) is 27.8 Å². The molecule has 4 aromatic rings. The summed E-state index contributed by atoms with van der Waals surface area (Å²) in [6, 6.07) is 27.7. The van der Waals surface area contributed by atoms with Crippen molar-refractivity contribution in [1.29, 1.82) is 0 Å². The fourth-order valence-corrected chi connectivity index (χ4v) is 6.21. The average molecular weight is 529 g/mol. The van der Waals surface area contributed by atoms with Gasteiger partial charge in [0.05, 0.1) is 11.4 Å². The molecule has 38 heavy (non-hydrogen) atoms. The lowest BCUT2D eigenvalue weighted by Crippen LogP contribution is -2.38. The molecule has 7 heteroatoms. The maximum absolute atomic E-state index is 13.9. The Morgan fingerprint density at radius 3 is 1.95 bits per heavy atom. The first-order valence-corrected chi connectivity index (χ1v) is 13.8. The van der Waals surface area contributed by atoms with Gasteiger partial charge in [-0.05, 0) is 80.8 Å². The molecule has 0 saturated heterocycles. The summed E-state index contributed by atoms with van der Waals surface area (Å²) in [6.07, 6.45) is 0. The third-order valence-corrected chi connectivity index (χ3v) is 8.22. The quantitative estimate of drug-likeness (QED) is 0.268. The van der Waals surface area contributed by atoms with Crippen LogP contribution in [0.5, 0.6) is 11.5 Å². The molecule has 4 rings (SSSR count). The van der Waals surface area contributed by atoms with Crippen molar-refractivity contribution < 1.29 is 17.9 Å². The van der Waals surface area contributed by atoms with Gasteiger partial charge in [-0.3, -0.25) is 4.79 Å². The van der Waals surface area contributed by atoms with E-state index in [0.29, 0.717) is 28.3 Å². The molecule has 0 radical (unpaired) electrons. The largest absolute Gasteiger partial charge is 0.457 e. The summed E-state index contributed by atoms with van der Waals surface area (Å²) in [5.41, 5.74) is 4.73. The highest BCUT2D eigenvalue weighted by atomic mass is 32.2. The number of ether oxygens (including phenoxy) is 1. The highest BCUT2D eigenvalue weighted by Gasteiger charge is 2.30. The number of benzene rings is 4. The van der Waals surface area contributed by atoms with Crippen LogP contribution in [0, 0.1) is 27.7 Å². The number of para-hydroxylation sites is 1. The number of nitrogens with one attached hydrogen (secondary N) is 1. The molecule has 4 aromatic carbocycles. The first-order valence-electron chi connectivity index (χ1n) is 12.4. The number of anilines is 1. The van der Waals surface area contributed by atoms with E-state index in [2.05, 4.69) is 5.32 Å². The summed E-state index contributed by atoms with van der Waals surface area (Å²) >= 11 is 0. The molecule has 1 N–H and O–H groups in total. The zero-order chi connectivity index (χ0) is 27.3. The van der Waals surface area contributed by atoms with E-state index in [1.54, 1.807) is 38.1 Å². The van der Waals surface area contributed by atoms with Crippen LogP contribution in [0.25, 0.3) is 0 Å². The topological polar surface area (TPSA) is 75.7 Å². The minimum Gasteiger partial charge on any atom is -0.457 e. The number of nitrogens with zero attached hydrogens (tertiary/aromatic N) is 1. The second-order valence-corrected chi connectivity index (χ2v) is 11.3. The molecule has 1 amide bonds. The molecule has 0 fully saturated rings. The predicted octanol–water partition coefficient (Wildman–Crippen LogP) is 6.54. The van der Waals surface area contributed by atoms with E-state index in [4.69, 9.17) is 4.74 Å². The van der Waals surface area contributed by atoms with Gasteiger partial charge in [-0.25, -0.2) is 8.42 Å². The van der Waals surface area contributed by atoms with Crippen molar-refractivity contribution in [2.24, 2.45) is 0 Å². The monoisotopic (exact) mass is 528 g/mol. The molecule has 0 unspecified atom stereocenters. The van der Waals surface area contributed by atoms with Gasteiger partial charge in [-0.2, -0.15) is 4.31 Å². The molecule has 0 aliphatic carbocycles. The first-order chi connectivity index (χ1) is 18.1. The minimum atomic E-state index is -3.96. The van der Waals surface area contributed by atoms with Gasteiger partial charge in [0.2, 0.25) is 15.9 Å². The number of sulfonamides is 1. The van der Waals surface area contributed by atoms with Crippen LogP contribution in [0.2, 0.25) is 0 Å². The van der Waals surface area contributed by atoms with Crippen LogP contribution in [0.3, 0.4) is 0 Å². The van der Waals surface area contributed by atoms with Crippen LogP contribution in [-0.4, -0.2) is 25.2 Å². The first kappa shape index (κ1) is 27.1. The highest BCUT2D eigenvalue weighted by molar-refractivity contribution is 7.89. The summed E-state index contributed by atoms with van der Waals surface area (Å²) in [5, 5.41) is 2.82. The number of rotatable bonds is 9. The van der Waals surface area contributed by atoms with E-state index in [9.17, 15) is 13.2 Å². The van der Waals surface area contributed by atoms with Crippen molar-refractivity contribution in [1.82, 2.24) is 4.31 Å². The fourth-order valence-electron chi connectivity index (χ4n) is 4.42. The Kier molecular flexibility index (Phi) is 8.29. The third-order valence-electron chi connectivity index (χ3n) is 6.12. The Labute approximate surface area is 225 Å². The van der Waals surface area contributed by atoms with Crippen LogP contribution < -0.4 is 10.1 Å². The molecular formula is C31H32N2O4S. The SMILES string of the molecule is Cc1ccc(CN(CC(=O)Nc2ccc(Oc3ccccc3)cc2)S(=O)(=O)c2c(C)cc(C)cc2C)cc1. The van der Waals surface area contributed by atoms with E-state index in [-0.39, 0.29) is 18.0 Å². The maximum atomic E-state index is 13.9. The summed E-state index contributed by atoms with van der Waals surface area (Å²) in [6.45, 7) is 7.23. The Morgan fingerprint density at radius 2 is 1.34 bits per heavy atom. The van der Waals surface area contributed by atoms with Crippen LogP contribution in [0.15, 0.2) is 95.9 Å². The van der Waals surface area contributed by atoms with Gasteiger partial charge in [-0.1, -0.05) is 65.7 Å². The van der Waals surface area contributed by atoms with E-state index in [1.807, 2.05) is 80.6 Å². The van der Waals surface area contributed by atoms with Crippen molar-refractivity contribution in [3.05, 3.63) is 119 Å². The number of carbonyl (C=O) groups excluding carboxylic acids is 1. The number of amides is 1. The molecule has 0 aliphatic heterocycles. The van der Waals surface area contributed by atoms with Crippen LogP contribution >= 0.6 is 0 Å². The Morgan fingerprint density at radius 1 is 0.763 bits per heavy atom. The summed E-state index contributed by atoms with van der Waals surface area (Å²) < 4.78 is 34.8. The van der Waals surface area contributed by atoms with Crippen molar-refractivity contribution in [3.63, 3.8) is 0 Å². The van der Waals surface area contributed by atoms with Crippen molar-refractivity contribution in [3.8, 4) is 11.5 Å². The summed E-state index contributed by atoms with van der Waals surface area (Å²) in [7, 11) is -3.96. The molecular weight excluding hydrogens is 496 g/mol. The Bertz CT molecular complexity index is 1490. The average Bonchev–Trinajstić information content (AvgIpc) is 2.86. The lowest BCUT2D eigenvalue weighted by molar-refractivity contribution is -0.116. The number of hydrogen-bond donors (Lipinski definition) is 1. The summed E-state index contributed by atoms with van der Waals surface area (Å²) in [5.74, 6) is 0.908. The highest BCUT2D eigenvalue weighted by Crippen LogP contribution is 2.27. The lowest BCUT2D eigenvalue weighted by atomic mass is 10.1. The van der Waals surface area contributed by atoms with Crippen molar-refractivity contribution in [2.45, 2.75) is 39.1 Å². The molecule has 6 nitrogen and oxygen atoms in total. The van der Waals surface area contributed by atoms with E-state index in [1.165, 1.54) is 4.31 Å². The molecule has 0 bridgehead atoms. The molecule has 196 valence electrons.